The smallest absolute Gasteiger partial charge is 0.0652 e. The molecule has 1 N–H and O–H groups in total. The Morgan fingerprint density at radius 2 is 2.50 bits per heavy atom. The van der Waals surface area contributed by atoms with Crippen LogP contribution in [0.5, 0.6) is 0 Å². The number of hydrogen-bond donors (Lipinski definition) is 2. The third-order valence-corrected chi connectivity index (χ3v) is 1.68. The topological polar surface area (TPSA) is 47.3 Å². The molecule has 0 radical (unpaired) electrons. The Bertz CT molecular complexity index is 227. The van der Waals surface area contributed by atoms with Crippen molar-refractivity contribution in [3.05, 3.63) is 18.0 Å². The van der Waals surface area contributed by atoms with Gasteiger partial charge in [-0.1, -0.05) is 0 Å². The maximum Gasteiger partial charge on any atom is 0.0652 e. The molecule has 0 aliphatic rings. The maximum atomic E-state index is 8.61. The molecule has 0 saturated carbocycles. The van der Waals surface area contributed by atoms with Gasteiger partial charge in [-0.25, -0.2) is 0 Å². The zero-order valence-electron chi connectivity index (χ0n) is 6.68. The second-order valence-electron chi connectivity index (χ2n) is 2.42. The number of aliphatic hydroxyl groups is 1. The maximum absolute atomic E-state index is 8.61. The highest BCUT2D eigenvalue weighted by Crippen LogP contribution is 1.99. The van der Waals surface area contributed by atoms with E-state index in [-0.39, 0.29) is 6.61 Å². The molecule has 0 saturated heterocycles. The molecule has 1 heterocycles. The lowest BCUT2D eigenvalue weighted by molar-refractivity contribution is 0.269. The Balaban J connectivity index is 2.41. The number of hydrogen-bond acceptors (Lipinski definition) is 4. The molecule has 1 rings (SSSR count). The molecule has 68 valence electrons. The van der Waals surface area contributed by atoms with Crippen molar-refractivity contribution in [2.75, 3.05) is 13.2 Å². The number of aliphatic hydroxyl groups excluding tert-OH is 1. The summed E-state index contributed by atoms with van der Waals surface area (Å²) in [5.41, 5.74) is 1.09. The van der Waals surface area contributed by atoms with Crippen molar-refractivity contribution < 1.29 is 9.29 Å². The second-order valence-corrected chi connectivity index (χ2v) is 2.68. The molecule has 0 fully saturated rings. The summed E-state index contributed by atoms with van der Waals surface area (Å²) in [4.78, 5) is 0. The lowest BCUT2D eigenvalue weighted by Crippen LogP contribution is -2.01. The highest BCUT2D eigenvalue weighted by molar-refractivity contribution is 7.75. The van der Waals surface area contributed by atoms with E-state index in [0.717, 1.165) is 12.0 Å². The fourth-order valence-electron chi connectivity index (χ4n) is 0.924. The molecule has 0 bridgehead atoms. The quantitative estimate of drug-likeness (QED) is 0.515. The summed E-state index contributed by atoms with van der Waals surface area (Å²) >= 11 is 3.63. The van der Waals surface area contributed by atoms with E-state index < -0.39 is 0 Å². The summed E-state index contributed by atoms with van der Waals surface area (Å²) < 4.78 is 6.33. The van der Waals surface area contributed by atoms with Gasteiger partial charge in [-0.2, -0.15) is 5.10 Å². The van der Waals surface area contributed by atoms with Crippen LogP contribution < -0.4 is 0 Å². The average Bonchev–Trinajstić information content (AvgIpc) is 2.50. The van der Waals surface area contributed by atoms with Gasteiger partial charge in [0, 0.05) is 12.6 Å². The zero-order chi connectivity index (χ0) is 8.81. The van der Waals surface area contributed by atoms with Gasteiger partial charge in [-0.3, -0.25) is 4.68 Å². The predicted octanol–water partition coefficient (Wildman–Crippen LogP) is 0.279. The highest BCUT2D eigenvalue weighted by atomic mass is 32.1. The first-order valence-corrected chi connectivity index (χ1v) is 4.12. The summed E-state index contributed by atoms with van der Waals surface area (Å²) in [7, 11) is 0. The predicted molar refractivity (Wildman–Crippen MR) is 48.0 cm³/mol. The van der Waals surface area contributed by atoms with Crippen molar-refractivity contribution in [1.82, 2.24) is 9.78 Å². The van der Waals surface area contributed by atoms with Crippen molar-refractivity contribution >= 4 is 12.9 Å². The molecule has 0 atom stereocenters. The van der Waals surface area contributed by atoms with Crippen molar-refractivity contribution in [2.45, 2.75) is 13.0 Å². The van der Waals surface area contributed by atoms with Gasteiger partial charge in [0.1, 0.15) is 0 Å². The molecule has 0 aliphatic heterocycles. The Morgan fingerprint density at radius 1 is 1.67 bits per heavy atom. The zero-order valence-corrected chi connectivity index (χ0v) is 7.57. The fraction of sp³-hybridized carbons (Fsp3) is 0.571. The third kappa shape index (κ3) is 2.84. The van der Waals surface area contributed by atoms with E-state index in [2.05, 4.69) is 22.2 Å². The molecular weight excluding hydrogens is 176 g/mol. The Labute approximate surface area is 76.8 Å². The van der Waals surface area contributed by atoms with Gasteiger partial charge >= 0.3 is 0 Å². The van der Waals surface area contributed by atoms with Crippen LogP contribution in [0.1, 0.15) is 5.56 Å². The van der Waals surface area contributed by atoms with Crippen LogP contribution in [0.25, 0.3) is 0 Å². The van der Waals surface area contributed by atoms with Gasteiger partial charge in [-0.15, -0.1) is 0 Å². The van der Waals surface area contributed by atoms with Crippen LogP contribution in [-0.4, -0.2) is 28.1 Å². The van der Waals surface area contributed by atoms with Crippen molar-refractivity contribution in [3.8, 4) is 0 Å². The summed E-state index contributed by atoms with van der Waals surface area (Å²) in [5, 5.41) is 12.6. The van der Waals surface area contributed by atoms with Crippen LogP contribution in [0.15, 0.2) is 12.4 Å². The molecule has 12 heavy (non-hydrogen) atoms. The number of rotatable bonds is 5. The Morgan fingerprint density at radius 3 is 3.17 bits per heavy atom. The second kappa shape index (κ2) is 5.18. The van der Waals surface area contributed by atoms with Crippen LogP contribution in [-0.2, 0) is 17.1 Å². The van der Waals surface area contributed by atoms with Crippen LogP contribution in [0.2, 0.25) is 0 Å². The molecule has 0 aliphatic carbocycles. The standard InChI is InChI=1S/C7H12N2O2S/c10-3-2-9-6-7(5-8-9)1-4-11-12/h5-6,10,12H,1-4H2. The molecule has 0 amide bonds. The minimum atomic E-state index is 0.115. The van der Waals surface area contributed by atoms with E-state index >= 15 is 0 Å². The summed E-state index contributed by atoms with van der Waals surface area (Å²) in [6.45, 7) is 1.24. The van der Waals surface area contributed by atoms with Gasteiger partial charge < -0.3 is 9.29 Å². The van der Waals surface area contributed by atoms with Gasteiger partial charge in [-0.05, 0) is 18.5 Å². The van der Waals surface area contributed by atoms with E-state index in [9.17, 15) is 0 Å². The van der Waals surface area contributed by atoms with Crippen LogP contribution in [0.3, 0.4) is 0 Å². The molecule has 0 unspecified atom stereocenters. The number of aromatic nitrogens is 2. The summed E-state index contributed by atoms with van der Waals surface area (Å²) in [6, 6.07) is 0. The van der Waals surface area contributed by atoms with Crippen molar-refractivity contribution in [2.24, 2.45) is 0 Å². The minimum Gasteiger partial charge on any atom is -0.394 e. The van der Waals surface area contributed by atoms with Gasteiger partial charge in [0.15, 0.2) is 0 Å². The molecule has 4 nitrogen and oxygen atoms in total. The lowest BCUT2D eigenvalue weighted by Gasteiger charge is -1.95. The first-order chi connectivity index (χ1) is 5.86. The molecule has 1 aromatic rings. The summed E-state index contributed by atoms with van der Waals surface area (Å²) in [6.07, 6.45) is 4.46. The fourth-order valence-corrected chi connectivity index (χ4v) is 1.02. The number of nitrogens with zero attached hydrogens (tertiary/aromatic N) is 2. The normalized spacial score (nSPS) is 10.5. The van der Waals surface area contributed by atoms with E-state index in [1.54, 1.807) is 10.9 Å². The monoisotopic (exact) mass is 188 g/mol. The van der Waals surface area contributed by atoms with E-state index in [0.29, 0.717) is 13.2 Å². The van der Waals surface area contributed by atoms with Gasteiger partial charge in [0.05, 0.1) is 26.0 Å². The van der Waals surface area contributed by atoms with Crippen LogP contribution >= 0.6 is 12.9 Å². The Hall–Kier alpha value is -0.520. The van der Waals surface area contributed by atoms with E-state index in [1.807, 2.05) is 6.20 Å². The average molecular weight is 188 g/mol. The number of thiol groups is 1. The van der Waals surface area contributed by atoms with Crippen molar-refractivity contribution in [1.29, 1.82) is 0 Å². The van der Waals surface area contributed by atoms with Gasteiger partial charge in [0.2, 0.25) is 0 Å². The lowest BCUT2D eigenvalue weighted by atomic mass is 10.3. The summed E-state index contributed by atoms with van der Waals surface area (Å²) in [5.74, 6) is 0. The molecule has 5 heteroatoms. The van der Waals surface area contributed by atoms with E-state index in [1.165, 1.54) is 0 Å². The minimum absolute atomic E-state index is 0.115. The Kier molecular flexibility index (Phi) is 4.13. The molecular formula is C7H12N2O2S. The highest BCUT2D eigenvalue weighted by Gasteiger charge is 1.96. The van der Waals surface area contributed by atoms with Crippen LogP contribution in [0.4, 0.5) is 0 Å². The van der Waals surface area contributed by atoms with Gasteiger partial charge in [0.25, 0.3) is 0 Å². The first-order valence-electron chi connectivity index (χ1n) is 3.75. The SMILES string of the molecule is OCCn1cc(CCOS)cn1. The van der Waals surface area contributed by atoms with Crippen molar-refractivity contribution in [3.63, 3.8) is 0 Å². The molecule has 0 spiro atoms. The molecule has 1 aromatic heterocycles. The molecule has 0 aromatic carbocycles. The van der Waals surface area contributed by atoms with Crippen LogP contribution in [0, 0.1) is 0 Å². The van der Waals surface area contributed by atoms with E-state index in [4.69, 9.17) is 5.11 Å². The first kappa shape index (κ1) is 9.57. The third-order valence-electron chi connectivity index (χ3n) is 1.50. The largest absolute Gasteiger partial charge is 0.394 e.